The number of hydrogen-bond donors (Lipinski definition) is 1. The third-order valence-electron chi connectivity index (χ3n) is 5.12. The van der Waals surface area contributed by atoms with Gasteiger partial charge in [-0.1, -0.05) is 0 Å². The maximum atomic E-state index is 13.1. The van der Waals surface area contributed by atoms with Gasteiger partial charge in [-0.05, 0) is 31.5 Å². The Hall–Kier alpha value is -1.35. The highest BCUT2D eigenvalue weighted by Crippen LogP contribution is 2.33. The molecule has 3 rings (SSSR count). The molecule has 1 aromatic rings. The summed E-state index contributed by atoms with van der Waals surface area (Å²) in [4.78, 5) is 2.69. The summed E-state index contributed by atoms with van der Waals surface area (Å²) in [5.41, 5.74) is 0.667. The molecule has 7 nitrogen and oxygen atoms in total. The number of methoxy groups -OCH3 is 2. The SMILES string of the molecule is COc1cc(C)c(S(=O)(=O)N2CCN(C3CCNC3)CC2)cc1OC. The van der Waals surface area contributed by atoms with Crippen molar-refractivity contribution in [2.75, 3.05) is 53.5 Å². The van der Waals surface area contributed by atoms with Gasteiger partial charge in [0.05, 0.1) is 19.1 Å². The average molecular weight is 369 g/mol. The van der Waals surface area contributed by atoms with Crippen LogP contribution in [0.1, 0.15) is 12.0 Å². The van der Waals surface area contributed by atoms with E-state index in [4.69, 9.17) is 9.47 Å². The number of ether oxygens (including phenoxy) is 2. The molecular weight excluding hydrogens is 342 g/mol. The number of benzene rings is 1. The van der Waals surface area contributed by atoms with E-state index in [2.05, 4.69) is 10.2 Å². The van der Waals surface area contributed by atoms with Crippen molar-refractivity contribution in [1.82, 2.24) is 14.5 Å². The van der Waals surface area contributed by atoms with E-state index in [1.807, 2.05) is 0 Å². The summed E-state index contributed by atoms with van der Waals surface area (Å²) in [5, 5.41) is 3.37. The van der Waals surface area contributed by atoms with Crippen molar-refractivity contribution in [3.63, 3.8) is 0 Å². The lowest BCUT2D eigenvalue weighted by molar-refractivity contribution is 0.145. The van der Waals surface area contributed by atoms with Crippen molar-refractivity contribution < 1.29 is 17.9 Å². The zero-order valence-electron chi connectivity index (χ0n) is 15.1. The summed E-state index contributed by atoms with van der Waals surface area (Å²) in [5.74, 6) is 0.972. The topological polar surface area (TPSA) is 71.1 Å². The Balaban J connectivity index is 1.78. The first-order chi connectivity index (χ1) is 12.0. The molecule has 140 valence electrons. The lowest BCUT2D eigenvalue weighted by Gasteiger charge is -2.37. The van der Waals surface area contributed by atoms with Gasteiger partial charge in [0, 0.05) is 44.8 Å². The molecule has 2 saturated heterocycles. The predicted octanol–water partition coefficient (Wildman–Crippen LogP) is 0.680. The van der Waals surface area contributed by atoms with Gasteiger partial charge in [0.1, 0.15) is 0 Å². The number of aryl methyl sites for hydroxylation is 1. The van der Waals surface area contributed by atoms with Gasteiger partial charge in [0.15, 0.2) is 11.5 Å². The molecular formula is C17H27N3O4S. The van der Waals surface area contributed by atoms with E-state index in [1.54, 1.807) is 30.5 Å². The molecule has 0 bridgehead atoms. The minimum Gasteiger partial charge on any atom is -0.493 e. The van der Waals surface area contributed by atoms with E-state index < -0.39 is 10.0 Å². The van der Waals surface area contributed by atoms with Crippen LogP contribution < -0.4 is 14.8 Å². The lowest BCUT2D eigenvalue weighted by Crippen LogP contribution is -2.52. The summed E-state index contributed by atoms with van der Waals surface area (Å²) < 4.78 is 38.3. The first-order valence-electron chi connectivity index (χ1n) is 8.65. The third-order valence-corrected chi connectivity index (χ3v) is 7.16. The minimum atomic E-state index is -3.54. The molecule has 2 heterocycles. The van der Waals surface area contributed by atoms with E-state index >= 15 is 0 Å². The molecule has 1 atom stereocenters. The van der Waals surface area contributed by atoms with Crippen molar-refractivity contribution in [1.29, 1.82) is 0 Å². The predicted molar refractivity (Wildman–Crippen MR) is 95.9 cm³/mol. The Morgan fingerprint density at radius 1 is 1.08 bits per heavy atom. The van der Waals surface area contributed by atoms with E-state index in [1.165, 1.54) is 7.11 Å². The first kappa shape index (κ1) is 18.4. The molecule has 25 heavy (non-hydrogen) atoms. The van der Waals surface area contributed by atoms with Crippen LogP contribution in [0.15, 0.2) is 17.0 Å². The average Bonchev–Trinajstić information content (AvgIpc) is 3.16. The number of rotatable bonds is 5. The Kier molecular flexibility index (Phi) is 5.52. The molecule has 0 amide bonds. The molecule has 2 aliphatic rings. The highest BCUT2D eigenvalue weighted by atomic mass is 32.2. The minimum absolute atomic E-state index is 0.293. The number of nitrogens with one attached hydrogen (secondary N) is 1. The molecule has 2 aliphatic heterocycles. The van der Waals surface area contributed by atoms with E-state index in [-0.39, 0.29) is 0 Å². The standard InChI is InChI=1S/C17H27N3O4S/c1-13-10-15(23-2)16(24-3)11-17(13)25(21,22)20-8-6-19(7-9-20)14-4-5-18-12-14/h10-11,14,18H,4-9,12H2,1-3H3. The highest BCUT2D eigenvalue weighted by molar-refractivity contribution is 7.89. The fourth-order valence-electron chi connectivity index (χ4n) is 3.64. The van der Waals surface area contributed by atoms with Crippen molar-refractivity contribution >= 4 is 10.0 Å². The second-order valence-electron chi connectivity index (χ2n) is 6.56. The Morgan fingerprint density at radius 3 is 2.28 bits per heavy atom. The van der Waals surface area contributed by atoms with Crippen molar-refractivity contribution in [2.24, 2.45) is 0 Å². The molecule has 0 spiro atoms. The van der Waals surface area contributed by atoms with E-state index in [9.17, 15) is 8.42 Å². The van der Waals surface area contributed by atoms with Crippen LogP contribution in [-0.2, 0) is 10.0 Å². The van der Waals surface area contributed by atoms with Crippen LogP contribution in [0.4, 0.5) is 0 Å². The monoisotopic (exact) mass is 369 g/mol. The van der Waals surface area contributed by atoms with Crippen LogP contribution in [-0.4, -0.2) is 77.2 Å². The van der Waals surface area contributed by atoms with Gasteiger partial charge < -0.3 is 14.8 Å². The van der Waals surface area contributed by atoms with Gasteiger partial charge in [-0.2, -0.15) is 4.31 Å². The summed E-state index contributed by atoms with van der Waals surface area (Å²) in [6, 6.07) is 3.82. The van der Waals surface area contributed by atoms with Crippen molar-refractivity contribution in [2.45, 2.75) is 24.3 Å². The fourth-order valence-corrected chi connectivity index (χ4v) is 5.28. The van der Waals surface area contributed by atoms with Crippen molar-refractivity contribution in [3.8, 4) is 11.5 Å². The molecule has 2 fully saturated rings. The summed E-state index contributed by atoms with van der Waals surface area (Å²) in [6.07, 6.45) is 1.14. The number of hydrogen-bond acceptors (Lipinski definition) is 6. The Morgan fingerprint density at radius 2 is 1.72 bits per heavy atom. The Labute approximate surface area is 149 Å². The van der Waals surface area contributed by atoms with Gasteiger partial charge >= 0.3 is 0 Å². The van der Waals surface area contributed by atoms with Gasteiger partial charge in [0.25, 0.3) is 0 Å². The molecule has 1 unspecified atom stereocenters. The third kappa shape index (κ3) is 3.62. The Bertz CT molecular complexity index is 709. The summed E-state index contributed by atoms with van der Waals surface area (Å²) in [7, 11) is -0.486. The second-order valence-corrected chi connectivity index (χ2v) is 8.47. The van der Waals surface area contributed by atoms with Gasteiger partial charge in [-0.25, -0.2) is 8.42 Å². The molecule has 0 aliphatic carbocycles. The molecule has 8 heteroatoms. The zero-order valence-corrected chi connectivity index (χ0v) is 15.9. The first-order valence-corrected chi connectivity index (χ1v) is 10.1. The van der Waals surface area contributed by atoms with Gasteiger partial charge in [0.2, 0.25) is 10.0 Å². The molecule has 0 saturated carbocycles. The van der Waals surface area contributed by atoms with Gasteiger partial charge in [-0.15, -0.1) is 0 Å². The van der Waals surface area contributed by atoms with Gasteiger partial charge in [-0.3, -0.25) is 4.90 Å². The second kappa shape index (κ2) is 7.49. The highest BCUT2D eigenvalue weighted by Gasteiger charge is 2.33. The number of nitrogens with zero attached hydrogens (tertiary/aromatic N) is 2. The normalized spacial score (nSPS) is 22.9. The largest absolute Gasteiger partial charge is 0.493 e. The number of sulfonamides is 1. The molecule has 1 aromatic carbocycles. The number of piperazine rings is 1. The maximum Gasteiger partial charge on any atom is 0.243 e. The van der Waals surface area contributed by atoms with Crippen LogP contribution in [0.2, 0.25) is 0 Å². The van der Waals surface area contributed by atoms with Crippen LogP contribution in [0.5, 0.6) is 11.5 Å². The smallest absolute Gasteiger partial charge is 0.243 e. The maximum absolute atomic E-state index is 13.1. The fraction of sp³-hybridized carbons (Fsp3) is 0.647. The van der Waals surface area contributed by atoms with Crippen LogP contribution >= 0.6 is 0 Å². The lowest BCUT2D eigenvalue weighted by atomic mass is 10.2. The van der Waals surface area contributed by atoms with Crippen LogP contribution in [0.3, 0.4) is 0 Å². The van der Waals surface area contributed by atoms with E-state index in [0.717, 1.165) is 32.6 Å². The summed E-state index contributed by atoms with van der Waals surface area (Å²) >= 11 is 0. The zero-order chi connectivity index (χ0) is 18.0. The molecule has 0 aromatic heterocycles. The molecule has 1 N–H and O–H groups in total. The van der Waals surface area contributed by atoms with Crippen LogP contribution in [0, 0.1) is 6.92 Å². The van der Waals surface area contributed by atoms with Crippen LogP contribution in [0.25, 0.3) is 0 Å². The quantitative estimate of drug-likeness (QED) is 0.823. The summed E-state index contributed by atoms with van der Waals surface area (Å²) in [6.45, 7) is 6.43. The van der Waals surface area contributed by atoms with Crippen molar-refractivity contribution in [3.05, 3.63) is 17.7 Å². The van der Waals surface area contributed by atoms with E-state index in [0.29, 0.717) is 41.1 Å². The molecule has 0 radical (unpaired) electrons.